The number of hydrogen-bond donors (Lipinski definition) is 0. The molecule has 0 aliphatic carbocycles. The van der Waals surface area contributed by atoms with Crippen molar-refractivity contribution in [3.05, 3.63) is 29.8 Å². The van der Waals surface area contributed by atoms with Gasteiger partial charge in [-0.15, -0.1) is 0 Å². The molecular formula is C33H59FO15S. The van der Waals surface area contributed by atoms with E-state index < -0.39 is 16.8 Å². The Hall–Kier alpha value is -1.42. The highest BCUT2D eigenvalue weighted by Gasteiger charge is 2.14. The van der Waals surface area contributed by atoms with E-state index in [1.165, 1.54) is 12.1 Å². The first-order chi connectivity index (χ1) is 24.6. The average molecular weight is 747 g/mol. The summed E-state index contributed by atoms with van der Waals surface area (Å²) in [6, 6.07) is 6.47. The SMILES string of the molecule is Cc1ccc(S(=O)(=O)OCCOCCOCCOCCOCCOCCOCCOCCOCCOCCOCCOCCOCCF)cc1. The van der Waals surface area contributed by atoms with Gasteiger partial charge >= 0.3 is 0 Å². The third kappa shape index (κ3) is 31.3. The van der Waals surface area contributed by atoms with Crippen LogP contribution in [0.1, 0.15) is 5.56 Å². The number of rotatable bonds is 40. The minimum Gasteiger partial charge on any atom is -0.377 e. The van der Waals surface area contributed by atoms with Crippen molar-refractivity contribution in [3.8, 4) is 0 Å². The second kappa shape index (κ2) is 36.0. The van der Waals surface area contributed by atoms with Crippen LogP contribution in [0.5, 0.6) is 0 Å². The zero-order chi connectivity index (χ0) is 36.1. The van der Waals surface area contributed by atoms with Crippen molar-refractivity contribution in [3.63, 3.8) is 0 Å². The van der Waals surface area contributed by atoms with E-state index in [1.54, 1.807) is 12.1 Å². The second-order valence-corrected chi connectivity index (χ2v) is 11.7. The van der Waals surface area contributed by atoms with Gasteiger partial charge in [-0.25, -0.2) is 4.39 Å². The highest BCUT2D eigenvalue weighted by molar-refractivity contribution is 7.86. The molecule has 15 nitrogen and oxygen atoms in total. The van der Waals surface area contributed by atoms with Crippen LogP contribution in [0.25, 0.3) is 0 Å². The van der Waals surface area contributed by atoms with Crippen LogP contribution in [-0.4, -0.2) is 180 Å². The topological polar surface area (TPSA) is 154 Å². The standard InChI is InChI=1S/C33H59FO15S/c1-32-2-4-33(5-3-32)50(35,36)49-31-30-48-29-28-47-27-26-46-25-24-45-23-22-44-21-20-43-19-18-42-17-16-41-15-14-40-13-12-39-11-10-38-9-8-37-7-6-34/h2-5H,6-31H2,1H3. The van der Waals surface area contributed by atoms with Crippen LogP contribution >= 0.6 is 0 Å². The monoisotopic (exact) mass is 746 g/mol. The summed E-state index contributed by atoms with van der Waals surface area (Å²) < 4.78 is 105. The van der Waals surface area contributed by atoms with Gasteiger partial charge < -0.3 is 56.8 Å². The Morgan fingerprint density at radius 2 is 0.600 bits per heavy atom. The number of hydrogen-bond acceptors (Lipinski definition) is 15. The summed E-state index contributed by atoms with van der Waals surface area (Å²) in [6.45, 7) is 11.5. The van der Waals surface area contributed by atoms with E-state index in [2.05, 4.69) is 0 Å². The molecular weight excluding hydrogens is 687 g/mol. The zero-order valence-electron chi connectivity index (χ0n) is 29.6. The van der Waals surface area contributed by atoms with E-state index in [0.717, 1.165) is 5.56 Å². The van der Waals surface area contributed by atoms with Crippen LogP contribution in [0.2, 0.25) is 0 Å². The van der Waals surface area contributed by atoms with Crippen LogP contribution < -0.4 is 0 Å². The third-order valence-corrected chi connectivity index (χ3v) is 7.42. The first kappa shape index (κ1) is 46.6. The fourth-order valence-corrected chi connectivity index (χ4v) is 4.44. The average Bonchev–Trinajstić information content (AvgIpc) is 3.11. The molecule has 0 unspecified atom stereocenters. The molecule has 17 heteroatoms. The van der Waals surface area contributed by atoms with E-state index in [1.807, 2.05) is 6.92 Å². The van der Waals surface area contributed by atoms with Crippen LogP contribution in [0.15, 0.2) is 29.2 Å². The van der Waals surface area contributed by atoms with Gasteiger partial charge in [-0.05, 0) is 19.1 Å². The molecule has 0 saturated carbocycles. The number of benzene rings is 1. The molecule has 294 valence electrons. The Morgan fingerprint density at radius 1 is 0.380 bits per heavy atom. The van der Waals surface area contributed by atoms with E-state index in [0.29, 0.717) is 145 Å². The summed E-state index contributed by atoms with van der Waals surface area (Å²) >= 11 is 0. The zero-order valence-corrected chi connectivity index (χ0v) is 30.4. The van der Waals surface area contributed by atoms with Crippen molar-refractivity contribution in [2.75, 3.05) is 172 Å². The van der Waals surface area contributed by atoms with E-state index in [4.69, 9.17) is 61.0 Å². The minimum absolute atomic E-state index is 0.0641. The Labute approximate surface area is 297 Å². The second-order valence-electron chi connectivity index (χ2n) is 10.1. The lowest BCUT2D eigenvalue weighted by Gasteiger charge is -2.09. The van der Waals surface area contributed by atoms with Crippen molar-refractivity contribution in [1.29, 1.82) is 0 Å². The van der Waals surface area contributed by atoms with Crippen LogP contribution in [-0.2, 0) is 71.1 Å². The molecule has 1 aromatic carbocycles. The van der Waals surface area contributed by atoms with Gasteiger partial charge in [0.05, 0.1) is 170 Å². The van der Waals surface area contributed by atoms with Crippen molar-refractivity contribution < 1.29 is 73.8 Å². The quantitative estimate of drug-likeness (QED) is 0.0709. The van der Waals surface area contributed by atoms with Crippen molar-refractivity contribution >= 4 is 10.1 Å². The molecule has 0 aliphatic heterocycles. The Bertz CT molecular complexity index is 944. The molecule has 0 heterocycles. The van der Waals surface area contributed by atoms with Gasteiger partial charge in [0.15, 0.2) is 0 Å². The first-order valence-electron chi connectivity index (χ1n) is 17.0. The molecule has 0 bridgehead atoms. The smallest absolute Gasteiger partial charge is 0.297 e. The summed E-state index contributed by atoms with van der Waals surface area (Å²) in [7, 11) is -3.78. The van der Waals surface area contributed by atoms with Gasteiger partial charge in [-0.3, -0.25) is 4.18 Å². The molecule has 0 atom stereocenters. The maximum absolute atomic E-state index is 12.1. The van der Waals surface area contributed by atoms with Crippen molar-refractivity contribution in [2.24, 2.45) is 0 Å². The summed E-state index contributed by atoms with van der Waals surface area (Å²) in [5.41, 5.74) is 0.972. The molecule has 0 amide bonds. The normalized spacial score (nSPS) is 11.9. The summed E-state index contributed by atoms with van der Waals surface area (Å²) in [6.07, 6.45) is 0. The molecule has 1 rings (SSSR count). The fraction of sp³-hybridized carbons (Fsp3) is 0.818. The molecule has 0 saturated heterocycles. The molecule has 0 N–H and O–H groups in total. The number of aryl methyl sites for hydroxylation is 1. The first-order valence-corrected chi connectivity index (χ1v) is 18.4. The molecule has 0 fully saturated rings. The lowest BCUT2D eigenvalue weighted by atomic mass is 10.2. The largest absolute Gasteiger partial charge is 0.377 e. The molecule has 0 aliphatic rings. The van der Waals surface area contributed by atoms with Gasteiger partial charge in [-0.1, -0.05) is 17.7 Å². The molecule has 50 heavy (non-hydrogen) atoms. The van der Waals surface area contributed by atoms with Gasteiger partial charge in [0.25, 0.3) is 10.1 Å². The summed E-state index contributed by atoms with van der Waals surface area (Å²) in [5, 5.41) is 0. The Balaban J connectivity index is 1.66. The molecule has 1 aromatic rings. The van der Waals surface area contributed by atoms with Gasteiger partial charge in [0.2, 0.25) is 0 Å². The minimum atomic E-state index is -3.78. The van der Waals surface area contributed by atoms with Crippen molar-refractivity contribution in [1.82, 2.24) is 0 Å². The van der Waals surface area contributed by atoms with E-state index in [-0.39, 0.29) is 24.7 Å². The van der Waals surface area contributed by atoms with E-state index in [9.17, 15) is 12.8 Å². The van der Waals surface area contributed by atoms with Crippen LogP contribution in [0, 0.1) is 6.92 Å². The highest BCUT2D eigenvalue weighted by Crippen LogP contribution is 2.12. The maximum Gasteiger partial charge on any atom is 0.297 e. The van der Waals surface area contributed by atoms with Crippen LogP contribution in [0.3, 0.4) is 0 Å². The Morgan fingerprint density at radius 3 is 0.840 bits per heavy atom. The molecule has 0 aromatic heterocycles. The number of alkyl halides is 1. The lowest BCUT2D eigenvalue weighted by Crippen LogP contribution is -2.16. The Kier molecular flexibility index (Phi) is 33.5. The van der Waals surface area contributed by atoms with Gasteiger partial charge in [-0.2, -0.15) is 8.42 Å². The summed E-state index contributed by atoms with van der Waals surface area (Å²) in [5.74, 6) is 0. The lowest BCUT2D eigenvalue weighted by molar-refractivity contribution is -0.0285. The summed E-state index contributed by atoms with van der Waals surface area (Å²) in [4.78, 5) is 0.124. The van der Waals surface area contributed by atoms with Gasteiger partial charge in [0.1, 0.15) is 6.67 Å². The predicted octanol–water partition coefficient (Wildman–Crippen LogP) is 1.87. The molecule has 0 spiro atoms. The van der Waals surface area contributed by atoms with Crippen LogP contribution in [0.4, 0.5) is 4.39 Å². The van der Waals surface area contributed by atoms with Gasteiger partial charge in [0, 0.05) is 0 Å². The number of ether oxygens (including phenoxy) is 12. The highest BCUT2D eigenvalue weighted by atomic mass is 32.2. The third-order valence-electron chi connectivity index (χ3n) is 6.09. The van der Waals surface area contributed by atoms with E-state index >= 15 is 0 Å². The fourth-order valence-electron chi connectivity index (χ4n) is 3.55. The maximum atomic E-state index is 12.1. The molecule has 0 radical (unpaired) electrons. The van der Waals surface area contributed by atoms with Crippen molar-refractivity contribution in [2.45, 2.75) is 11.8 Å². The predicted molar refractivity (Wildman–Crippen MR) is 180 cm³/mol. The number of halogens is 1.